The van der Waals surface area contributed by atoms with Crippen molar-refractivity contribution < 1.29 is 9.21 Å². The number of carbonyl (C=O) groups excluding carboxylic acids is 1. The summed E-state index contributed by atoms with van der Waals surface area (Å²) >= 11 is 0. The third kappa shape index (κ3) is 3.11. The minimum Gasteiger partial charge on any atom is -0.466 e. The van der Waals surface area contributed by atoms with Crippen LogP contribution in [0.3, 0.4) is 0 Å². The molecule has 0 bridgehead atoms. The van der Waals surface area contributed by atoms with Crippen molar-refractivity contribution in [2.45, 2.75) is 53.5 Å². The predicted molar refractivity (Wildman–Crippen MR) is 88.5 cm³/mol. The summed E-state index contributed by atoms with van der Waals surface area (Å²) < 4.78 is 5.81. The van der Waals surface area contributed by atoms with Gasteiger partial charge in [-0.3, -0.25) is 5.10 Å². The summed E-state index contributed by atoms with van der Waals surface area (Å²) in [6.07, 6.45) is 1.78. The minimum atomic E-state index is -0.217. The first-order valence-electron chi connectivity index (χ1n) is 7.93. The largest absolute Gasteiger partial charge is 0.466 e. The number of aryl methyl sites for hydroxylation is 3. The van der Waals surface area contributed by atoms with E-state index >= 15 is 0 Å². The number of nitrogens with one attached hydrogen (secondary N) is 3. The van der Waals surface area contributed by atoms with Crippen LogP contribution in [0.4, 0.5) is 10.5 Å². The summed E-state index contributed by atoms with van der Waals surface area (Å²) in [6.45, 7) is 10.1. The monoisotopic (exact) mass is 316 g/mol. The molecule has 1 aliphatic rings. The molecule has 3 rings (SSSR count). The average molecular weight is 316 g/mol. The Bertz CT molecular complexity index is 722. The van der Waals surface area contributed by atoms with Crippen molar-refractivity contribution in [3.63, 3.8) is 0 Å². The number of aromatic amines is 1. The topological polar surface area (TPSA) is 82.9 Å². The van der Waals surface area contributed by atoms with Crippen LogP contribution in [-0.4, -0.2) is 16.2 Å². The molecule has 2 aromatic rings. The number of fused-ring (bicyclic) bond motifs is 1. The molecule has 0 fully saturated rings. The maximum atomic E-state index is 12.4. The molecular weight excluding hydrogens is 292 g/mol. The van der Waals surface area contributed by atoms with Crippen LogP contribution < -0.4 is 10.6 Å². The first kappa shape index (κ1) is 15.6. The summed E-state index contributed by atoms with van der Waals surface area (Å²) in [4.78, 5) is 12.4. The second-order valence-corrected chi connectivity index (χ2v) is 7.24. The van der Waals surface area contributed by atoms with Crippen LogP contribution in [0.1, 0.15) is 54.8 Å². The van der Waals surface area contributed by atoms with Gasteiger partial charge in [0.2, 0.25) is 0 Å². The lowest BCUT2D eigenvalue weighted by Crippen LogP contribution is -2.38. The second kappa shape index (κ2) is 5.44. The van der Waals surface area contributed by atoms with Gasteiger partial charge in [0.15, 0.2) is 0 Å². The first-order chi connectivity index (χ1) is 10.7. The predicted octanol–water partition coefficient (Wildman–Crippen LogP) is 3.76. The Kier molecular flexibility index (Phi) is 3.70. The van der Waals surface area contributed by atoms with Crippen LogP contribution >= 0.6 is 0 Å². The standard InChI is InChI=1S/C17H24N4O2/c1-9-6-12-13(7-17(4,5)8-14(12)23-9)18-16(22)19-15-10(2)20-21-11(15)3/h6,13H,7-8H2,1-5H3,(H,20,21)(H2,18,19,22)/t13-/m0/s1. The van der Waals surface area contributed by atoms with Gasteiger partial charge in [0.1, 0.15) is 11.5 Å². The fourth-order valence-electron chi connectivity index (χ4n) is 3.36. The average Bonchev–Trinajstić information content (AvgIpc) is 2.94. The number of aromatic nitrogens is 2. The Morgan fingerprint density at radius 2 is 2.13 bits per heavy atom. The van der Waals surface area contributed by atoms with Gasteiger partial charge in [-0.05, 0) is 38.7 Å². The molecule has 3 N–H and O–H groups in total. The van der Waals surface area contributed by atoms with E-state index in [1.54, 1.807) is 0 Å². The number of carbonyl (C=O) groups is 1. The van der Waals surface area contributed by atoms with Crippen LogP contribution in [0.15, 0.2) is 10.5 Å². The van der Waals surface area contributed by atoms with Gasteiger partial charge >= 0.3 is 6.03 Å². The molecule has 0 aliphatic heterocycles. The molecular formula is C17H24N4O2. The van der Waals surface area contributed by atoms with E-state index < -0.39 is 0 Å². The van der Waals surface area contributed by atoms with Crippen molar-refractivity contribution >= 4 is 11.7 Å². The smallest absolute Gasteiger partial charge is 0.319 e. The van der Waals surface area contributed by atoms with E-state index in [4.69, 9.17) is 4.42 Å². The number of hydrogen-bond donors (Lipinski definition) is 3. The van der Waals surface area contributed by atoms with Crippen LogP contribution in [0.25, 0.3) is 0 Å². The number of H-pyrrole nitrogens is 1. The summed E-state index contributed by atoms with van der Waals surface area (Å²) in [5, 5.41) is 12.9. The quantitative estimate of drug-likeness (QED) is 0.788. The van der Waals surface area contributed by atoms with Gasteiger partial charge < -0.3 is 15.1 Å². The normalized spacial score (nSPS) is 19.3. The number of amides is 2. The molecule has 0 spiro atoms. The van der Waals surface area contributed by atoms with Crippen LogP contribution in [0.5, 0.6) is 0 Å². The zero-order chi connectivity index (χ0) is 16.8. The van der Waals surface area contributed by atoms with Gasteiger partial charge in [-0.1, -0.05) is 13.8 Å². The summed E-state index contributed by atoms with van der Waals surface area (Å²) in [7, 11) is 0. The molecule has 2 heterocycles. The van der Waals surface area contributed by atoms with Crippen molar-refractivity contribution in [1.29, 1.82) is 0 Å². The molecule has 124 valence electrons. The highest BCUT2D eigenvalue weighted by atomic mass is 16.3. The lowest BCUT2D eigenvalue weighted by Gasteiger charge is -2.34. The fraction of sp³-hybridized carbons (Fsp3) is 0.529. The lowest BCUT2D eigenvalue weighted by atomic mass is 9.75. The van der Waals surface area contributed by atoms with Gasteiger partial charge in [-0.2, -0.15) is 5.10 Å². The van der Waals surface area contributed by atoms with Crippen molar-refractivity contribution in [3.8, 4) is 0 Å². The van der Waals surface area contributed by atoms with Crippen molar-refractivity contribution in [2.75, 3.05) is 5.32 Å². The van der Waals surface area contributed by atoms with Gasteiger partial charge in [0, 0.05) is 12.0 Å². The Balaban J connectivity index is 1.78. The number of rotatable bonds is 2. The zero-order valence-electron chi connectivity index (χ0n) is 14.3. The first-order valence-corrected chi connectivity index (χ1v) is 7.93. The molecule has 0 unspecified atom stereocenters. The van der Waals surface area contributed by atoms with E-state index in [1.165, 1.54) is 0 Å². The van der Waals surface area contributed by atoms with E-state index in [0.29, 0.717) is 0 Å². The number of furan rings is 1. The second-order valence-electron chi connectivity index (χ2n) is 7.24. The maximum Gasteiger partial charge on any atom is 0.319 e. The van der Waals surface area contributed by atoms with Gasteiger partial charge in [-0.15, -0.1) is 0 Å². The number of urea groups is 1. The molecule has 0 saturated heterocycles. The Hall–Kier alpha value is -2.24. The number of hydrogen-bond acceptors (Lipinski definition) is 3. The van der Waals surface area contributed by atoms with E-state index in [2.05, 4.69) is 34.7 Å². The number of anilines is 1. The molecule has 2 amide bonds. The van der Waals surface area contributed by atoms with E-state index in [9.17, 15) is 4.79 Å². The minimum absolute atomic E-state index is 0.0429. The van der Waals surface area contributed by atoms with Crippen molar-refractivity contribution in [2.24, 2.45) is 5.41 Å². The van der Waals surface area contributed by atoms with Crippen LogP contribution in [0.2, 0.25) is 0 Å². The Morgan fingerprint density at radius 1 is 1.39 bits per heavy atom. The molecule has 6 nitrogen and oxygen atoms in total. The lowest BCUT2D eigenvalue weighted by molar-refractivity contribution is 0.222. The molecule has 1 atom stereocenters. The molecule has 0 aromatic carbocycles. The highest BCUT2D eigenvalue weighted by Gasteiger charge is 2.35. The molecule has 1 aliphatic carbocycles. The molecule has 2 aromatic heterocycles. The Morgan fingerprint density at radius 3 is 2.78 bits per heavy atom. The number of nitrogens with zero attached hydrogens (tertiary/aromatic N) is 1. The molecule has 0 radical (unpaired) electrons. The van der Waals surface area contributed by atoms with Crippen LogP contribution in [0, 0.1) is 26.2 Å². The third-order valence-electron chi connectivity index (χ3n) is 4.41. The van der Waals surface area contributed by atoms with E-state index in [0.717, 1.165) is 47.0 Å². The fourth-order valence-corrected chi connectivity index (χ4v) is 3.36. The van der Waals surface area contributed by atoms with E-state index in [1.807, 2.05) is 26.8 Å². The molecule has 6 heteroatoms. The molecule has 0 saturated carbocycles. The van der Waals surface area contributed by atoms with Crippen LogP contribution in [-0.2, 0) is 6.42 Å². The van der Waals surface area contributed by atoms with Gasteiger partial charge in [0.05, 0.1) is 23.1 Å². The highest BCUT2D eigenvalue weighted by Crippen LogP contribution is 2.42. The van der Waals surface area contributed by atoms with Gasteiger partial charge in [0.25, 0.3) is 0 Å². The zero-order valence-corrected chi connectivity index (χ0v) is 14.3. The Labute approximate surface area is 136 Å². The molecule has 23 heavy (non-hydrogen) atoms. The van der Waals surface area contributed by atoms with Crippen molar-refractivity contribution in [3.05, 3.63) is 34.5 Å². The van der Waals surface area contributed by atoms with E-state index in [-0.39, 0.29) is 17.5 Å². The maximum absolute atomic E-state index is 12.4. The summed E-state index contributed by atoms with van der Waals surface area (Å²) in [5.41, 5.74) is 3.55. The summed E-state index contributed by atoms with van der Waals surface area (Å²) in [5.74, 6) is 1.88. The third-order valence-corrected chi connectivity index (χ3v) is 4.41. The van der Waals surface area contributed by atoms with Crippen molar-refractivity contribution in [1.82, 2.24) is 15.5 Å². The summed E-state index contributed by atoms with van der Waals surface area (Å²) in [6, 6.07) is 1.77. The SMILES string of the molecule is Cc1cc2c(o1)CC(C)(C)C[C@@H]2NC(=O)Nc1c(C)n[nH]c1C. The van der Waals surface area contributed by atoms with Gasteiger partial charge in [-0.25, -0.2) is 4.79 Å². The highest BCUT2D eigenvalue weighted by molar-refractivity contribution is 5.90.